The van der Waals surface area contributed by atoms with Gasteiger partial charge in [-0.1, -0.05) is 31.0 Å². The number of hydrogen-bond donors (Lipinski definition) is 1. The van der Waals surface area contributed by atoms with Crippen LogP contribution < -0.4 is 0 Å². The molecule has 0 amide bonds. The van der Waals surface area contributed by atoms with Crippen molar-refractivity contribution < 1.29 is 18.3 Å². The summed E-state index contributed by atoms with van der Waals surface area (Å²) >= 11 is 0. The van der Waals surface area contributed by atoms with E-state index in [0.29, 0.717) is 12.1 Å². The van der Waals surface area contributed by atoms with Crippen LogP contribution in [0.3, 0.4) is 0 Å². The fraction of sp³-hybridized carbons (Fsp3) is 0.625. The van der Waals surface area contributed by atoms with Crippen LogP contribution in [-0.4, -0.2) is 36.2 Å². The van der Waals surface area contributed by atoms with Crippen molar-refractivity contribution in [2.24, 2.45) is 0 Å². The van der Waals surface area contributed by atoms with Gasteiger partial charge in [0, 0.05) is 12.5 Å². The van der Waals surface area contributed by atoms with E-state index in [9.17, 15) is 18.3 Å². The Morgan fingerprint density at radius 1 is 1.10 bits per heavy atom. The van der Waals surface area contributed by atoms with Crippen molar-refractivity contribution in [3.8, 4) is 0 Å². The predicted octanol–water partition coefficient (Wildman–Crippen LogP) is 3.66. The molecular weight excluding hydrogens is 279 g/mol. The van der Waals surface area contributed by atoms with E-state index < -0.39 is 11.7 Å². The lowest BCUT2D eigenvalue weighted by molar-refractivity contribution is -0.137. The maximum absolute atomic E-state index is 12.8. The summed E-state index contributed by atoms with van der Waals surface area (Å²) in [6.07, 6.45) is 0.341. The van der Waals surface area contributed by atoms with Crippen molar-refractivity contribution >= 4 is 0 Å². The third-order valence-corrected chi connectivity index (χ3v) is 4.08. The molecule has 1 unspecified atom stereocenters. The van der Waals surface area contributed by atoms with Crippen molar-refractivity contribution in [2.45, 2.75) is 37.8 Å². The van der Waals surface area contributed by atoms with Crippen LogP contribution >= 0.6 is 0 Å². The lowest BCUT2D eigenvalue weighted by Crippen LogP contribution is -2.31. The van der Waals surface area contributed by atoms with Gasteiger partial charge in [0.1, 0.15) is 0 Å². The minimum Gasteiger partial charge on any atom is -0.396 e. The van der Waals surface area contributed by atoms with Crippen molar-refractivity contribution in [3.63, 3.8) is 0 Å². The summed E-state index contributed by atoms with van der Waals surface area (Å²) in [4.78, 5) is 2.26. The normalized spacial score (nSPS) is 19.2. The molecule has 2 rings (SSSR count). The number of aliphatic hydroxyl groups is 1. The van der Waals surface area contributed by atoms with Crippen molar-refractivity contribution in [3.05, 3.63) is 35.4 Å². The van der Waals surface area contributed by atoms with Gasteiger partial charge in [-0.2, -0.15) is 13.2 Å². The van der Waals surface area contributed by atoms with Crippen LogP contribution in [0.1, 0.15) is 42.7 Å². The van der Waals surface area contributed by atoms with Crippen LogP contribution in [0.5, 0.6) is 0 Å². The molecule has 5 heteroatoms. The zero-order valence-electron chi connectivity index (χ0n) is 12.1. The Balaban J connectivity index is 2.09. The van der Waals surface area contributed by atoms with Crippen LogP contribution in [0.2, 0.25) is 0 Å². The molecule has 1 aromatic carbocycles. The lowest BCUT2D eigenvalue weighted by atomic mass is 9.97. The Kier molecular flexibility index (Phi) is 5.65. The number of aliphatic hydroxyl groups excluding tert-OH is 1. The fourth-order valence-corrected chi connectivity index (χ4v) is 2.87. The number of rotatable bonds is 4. The maximum Gasteiger partial charge on any atom is 0.416 e. The van der Waals surface area contributed by atoms with E-state index in [1.807, 2.05) is 0 Å². The number of halogens is 3. The molecular formula is C16H22F3NO. The summed E-state index contributed by atoms with van der Waals surface area (Å²) < 4.78 is 38.3. The average molecular weight is 301 g/mol. The Labute approximate surface area is 123 Å². The van der Waals surface area contributed by atoms with Crippen molar-refractivity contribution in [1.29, 1.82) is 0 Å². The lowest BCUT2D eigenvalue weighted by Gasteiger charge is -2.25. The molecule has 1 atom stereocenters. The Hall–Kier alpha value is -1.07. The van der Waals surface area contributed by atoms with Gasteiger partial charge in [0.05, 0.1) is 12.2 Å². The fourth-order valence-electron chi connectivity index (χ4n) is 2.87. The van der Waals surface area contributed by atoms with Gasteiger partial charge in [-0.3, -0.25) is 0 Å². The largest absolute Gasteiger partial charge is 0.416 e. The highest BCUT2D eigenvalue weighted by Crippen LogP contribution is 2.31. The Morgan fingerprint density at radius 3 is 2.33 bits per heavy atom. The molecule has 0 saturated carbocycles. The smallest absolute Gasteiger partial charge is 0.396 e. The molecule has 1 aliphatic heterocycles. The van der Waals surface area contributed by atoms with E-state index in [2.05, 4.69) is 4.90 Å². The molecule has 1 N–H and O–H groups in total. The summed E-state index contributed by atoms with van der Waals surface area (Å²) in [7, 11) is 0. The first-order chi connectivity index (χ1) is 10.0. The average Bonchev–Trinajstić information content (AvgIpc) is 2.72. The molecule has 1 aliphatic rings. The van der Waals surface area contributed by atoms with Crippen molar-refractivity contribution in [2.75, 3.05) is 26.2 Å². The van der Waals surface area contributed by atoms with E-state index in [0.717, 1.165) is 32.0 Å². The van der Waals surface area contributed by atoms with Gasteiger partial charge in [0.15, 0.2) is 0 Å². The minimum atomic E-state index is -4.33. The van der Waals surface area contributed by atoms with Gasteiger partial charge in [-0.15, -0.1) is 0 Å². The van der Waals surface area contributed by atoms with Gasteiger partial charge >= 0.3 is 6.18 Å². The van der Waals surface area contributed by atoms with Crippen LogP contribution in [0, 0.1) is 0 Å². The van der Waals surface area contributed by atoms with E-state index in [-0.39, 0.29) is 12.5 Å². The second-order valence-corrected chi connectivity index (χ2v) is 5.72. The predicted molar refractivity (Wildman–Crippen MR) is 76.2 cm³/mol. The van der Waals surface area contributed by atoms with E-state index in [1.165, 1.54) is 25.0 Å². The number of benzene rings is 1. The van der Waals surface area contributed by atoms with Crippen LogP contribution in [-0.2, 0) is 6.18 Å². The molecule has 2 nitrogen and oxygen atoms in total. The topological polar surface area (TPSA) is 23.5 Å². The molecule has 0 radical (unpaired) electrons. The minimum absolute atomic E-state index is 0.127. The van der Waals surface area contributed by atoms with Gasteiger partial charge in [-0.25, -0.2) is 0 Å². The highest BCUT2D eigenvalue weighted by atomic mass is 19.4. The standard InChI is InChI=1S/C16H22F3NO/c17-16(18,19)15-7-5-6-13(10-15)14(12-21)11-20-8-3-1-2-4-9-20/h5-7,10,14,21H,1-4,8-9,11-12H2. The van der Waals surface area contributed by atoms with E-state index in [1.54, 1.807) is 6.07 Å². The highest BCUT2D eigenvalue weighted by molar-refractivity contribution is 5.28. The second-order valence-electron chi connectivity index (χ2n) is 5.72. The highest BCUT2D eigenvalue weighted by Gasteiger charge is 2.31. The third-order valence-electron chi connectivity index (χ3n) is 4.08. The van der Waals surface area contributed by atoms with Crippen LogP contribution in [0.25, 0.3) is 0 Å². The summed E-state index contributed by atoms with van der Waals surface area (Å²) in [6.45, 7) is 2.43. The first-order valence-corrected chi connectivity index (χ1v) is 7.51. The summed E-state index contributed by atoms with van der Waals surface area (Å²) in [5.74, 6) is -0.259. The van der Waals surface area contributed by atoms with Crippen LogP contribution in [0.15, 0.2) is 24.3 Å². The molecule has 21 heavy (non-hydrogen) atoms. The first-order valence-electron chi connectivity index (χ1n) is 7.51. The quantitative estimate of drug-likeness (QED) is 0.917. The maximum atomic E-state index is 12.8. The third kappa shape index (κ3) is 4.71. The van der Waals surface area contributed by atoms with Crippen LogP contribution in [0.4, 0.5) is 13.2 Å². The van der Waals surface area contributed by atoms with Gasteiger partial charge in [0.2, 0.25) is 0 Å². The zero-order valence-corrected chi connectivity index (χ0v) is 12.1. The zero-order chi connectivity index (χ0) is 15.3. The number of nitrogens with zero attached hydrogens (tertiary/aromatic N) is 1. The second kappa shape index (κ2) is 7.27. The molecule has 1 heterocycles. The molecule has 0 bridgehead atoms. The molecule has 0 aromatic heterocycles. The Bertz CT molecular complexity index is 439. The molecule has 1 saturated heterocycles. The van der Waals surface area contributed by atoms with Gasteiger partial charge in [0.25, 0.3) is 0 Å². The molecule has 1 aromatic rings. The molecule has 118 valence electrons. The molecule has 0 spiro atoms. The summed E-state index contributed by atoms with van der Waals surface area (Å²) in [5, 5.41) is 9.57. The number of hydrogen-bond acceptors (Lipinski definition) is 2. The SMILES string of the molecule is OCC(CN1CCCCCC1)c1cccc(C(F)(F)F)c1. The summed E-state index contributed by atoms with van der Waals surface area (Å²) in [5.41, 5.74) is -0.0779. The summed E-state index contributed by atoms with van der Waals surface area (Å²) in [6, 6.07) is 5.33. The molecule has 0 aliphatic carbocycles. The monoisotopic (exact) mass is 301 g/mol. The van der Waals surface area contributed by atoms with E-state index >= 15 is 0 Å². The number of likely N-dealkylation sites (tertiary alicyclic amines) is 1. The van der Waals surface area contributed by atoms with Gasteiger partial charge in [-0.05, 0) is 37.6 Å². The first kappa shape index (κ1) is 16.3. The van der Waals surface area contributed by atoms with E-state index in [4.69, 9.17) is 0 Å². The van der Waals surface area contributed by atoms with Crippen molar-refractivity contribution in [1.82, 2.24) is 4.90 Å². The Morgan fingerprint density at radius 2 is 1.76 bits per heavy atom. The van der Waals surface area contributed by atoms with Gasteiger partial charge < -0.3 is 10.0 Å². The molecule has 1 fully saturated rings. The number of alkyl halides is 3.